The summed E-state index contributed by atoms with van der Waals surface area (Å²) >= 11 is 1.73. The fraction of sp³-hybridized carbons (Fsp3) is 0.500. The predicted molar refractivity (Wildman–Crippen MR) is 122 cm³/mol. The van der Waals surface area contributed by atoms with Gasteiger partial charge in [0, 0.05) is 37.8 Å². The van der Waals surface area contributed by atoms with Gasteiger partial charge >= 0.3 is 0 Å². The molecule has 2 aromatic rings. The molecular weight excluding hydrogens is 396 g/mol. The molecule has 4 N–H and O–H groups in total. The average Bonchev–Trinajstić information content (AvgIpc) is 3.22. The number of piperidine rings is 1. The van der Waals surface area contributed by atoms with E-state index in [1.807, 2.05) is 6.20 Å². The summed E-state index contributed by atoms with van der Waals surface area (Å²) in [7, 11) is 1.77. The number of aryl methyl sites for hydroxylation is 1. The van der Waals surface area contributed by atoms with Gasteiger partial charge in [-0.15, -0.1) is 11.3 Å². The van der Waals surface area contributed by atoms with Crippen molar-refractivity contribution < 1.29 is 4.79 Å². The van der Waals surface area contributed by atoms with E-state index in [2.05, 4.69) is 56.7 Å². The van der Waals surface area contributed by atoms with Gasteiger partial charge in [0.05, 0.1) is 12.5 Å². The first-order valence-electron chi connectivity index (χ1n) is 10.5. The summed E-state index contributed by atoms with van der Waals surface area (Å²) in [4.78, 5) is 23.9. The second-order valence-electron chi connectivity index (χ2n) is 7.65. The lowest BCUT2D eigenvalue weighted by Crippen LogP contribution is -2.40. The molecule has 1 saturated heterocycles. The van der Waals surface area contributed by atoms with Crippen LogP contribution in [-0.4, -0.2) is 41.9 Å². The fourth-order valence-corrected chi connectivity index (χ4v) is 4.49. The van der Waals surface area contributed by atoms with Gasteiger partial charge in [-0.1, -0.05) is 31.2 Å². The minimum atomic E-state index is -0.180. The molecule has 1 aliphatic heterocycles. The van der Waals surface area contributed by atoms with Crippen molar-refractivity contribution in [2.24, 2.45) is 16.6 Å². The summed E-state index contributed by atoms with van der Waals surface area (Å²) in [6.07, 6.45) is 4.89. The van der Waals surface area contributed by atoms with E-state index < -0.39 is 0 Å². The summed E-state index contributed by atoms with van der Waals surface area (Å²) < 4.78 is 0. The number of primary amides is 1. The smallest absolute Gasteiger partial charge is 0.221 e. The Hall–Kier alpha value is -2.45. The van der Waals surface area contributed by atoms with Crippen LogP contribution in [0.15, 0.2) is 35.5 Å². The molecule has 1 aromatic heterocycles. The number of likely N-dealkylation sites (tertiary alicyclic amines) is 1. The number of aliphatic imine (C=N–C) groups is 1. The van der Waals surface area contributed by atoms with Crippen LogP contribution in [0, 0.1) is 5.92 Å². The number of hydrogen-bond donors (Lipinski definition) is 3. The molecule has 3 rings (SSSR count). The molecule has 7 nitrogen and oxygen atoms in total. The van der Waals surface area contributed by atoms with Crippen molar-refractivity contribution in [3.8, 4) is 0 Å². The number of guanidine groups is 1. The van der Waals surface area contributed by atoms with Crippen LogP contribution in [0.4, 0.5) is 0 Å². The van der Waals surface area contributed by atoms with Crippen molar-refractivity contribution in [2.45, 2.75) is 45.8 Å². The van der Waals surface area contributed by atoms with Crippen LogP contribution in [0.25, 0.3) is 0 Å². The van der Waals surface area contributed by atoms with Crippen molar-refractivity contribution in [3.63, 3.8) is 0 Å². The molecule has 1 aliphatic rings. The van der Waals surface area contributed by atoms with Crippen LogP contribution in [0.2, 0.25) is 0 Å². The number of hydrogen-bond acceptors (Lipinski definition) is 5. The molecule has 30 heavy (non-hydrogen) atoms. The standard InChI is InChI=1S/C22H32N6OS/c1-3-19-12-25-20(30-19)13-27-22(24-2)26-11-16-6-4-7-17(10-16)14-28-9-5-8-18(15-28)21(23)29/h4,6-7,10,12,18H,3,5,8-9,11,13-15H2,1-2H3,(H2,23,29)(H2,24,26,27). The molecule has 1 aromatic carbocycles. The lowest BCUT2D eigenvalue weighted by Gasteiger charge is -2.31. The second-order valence-corrected chi connectivity index (χ2v) is 8.85. The first-order chi connectivity index (χ1) is 14.6. The van der Waals surface area contributed by atoms with Gasteiger partial charge in [-0.2, -0.15) is 0 Å². The van der Waals surface area contributed by atoms with Gasteiger partial charge in [-0.3, -0.25) is 14.7 Å². The predicted octanol–water partition coefficient (Wildman–Crippen LogP) is 2.27. The summed E-state index contributed by atoms with van der Waals surface area (Å²) in [5.74, 6) is 0.554. The largest absolute Gasteiger partial charge is 0.369 e. The number of thiazole rings is 1. The molecular formula is C22H32N6OS. The number of carbonyl (C=O) groups is 1. The molecule has 1 amide bonds. The molecule has 0 aliphatic carbocycles. The van der Waals surface area contributed by atoms with Crippen LogP contribution >= 0.6 is 11.3 Å². The number of nitrogens with two attached hydrogens (primary N) is 1. The van der Waals surface area contributed by atoms with Crippen LogP contribution in [0.5, 0.6) is 0 Å². The number of amides is 1. The monoisotopic (exact) mass is 428 g/mol. The van der Waals surface area contributed by atoms with E-state index in [1.54, 1.807) is 18.4 Å². The van der Waals surface area contributed by atoms with E-state index in [1.165, 1.54) is 16.0 Å². The zero-order valence-electron chi connectivity index (χ0n) is 17.9. The minimum Gasteiger partial charge on any atom is -0.369 e. The molecule has 162 valence electrons. The van der Waals surface area contributed by atoms with E-state index in [0.717, 1.165) is 49.9 Å². The van der Waals surface area contributed by atoms with Crippen LogP contribution in [-0.2, 0) is 30.8 Å². The van der Waals surface area contributed by atoms with Gasteiger partial charge in [-0.05, 0) is 36.9 Å². The van der Waals surface area contributed by atoms with Gasteiger partial charge in [0.2, 0.25) is 5.91 Å². The molecule has 2 heterocycles. The lowest BCUT2D eigenvalue weighted by atomic mass is 9.97. The lowest BCUT2D eigenvalue weighted by molar-refractivity contribution is -0.123. The van der Waals surface area contributed by atoms with Crippen LogP contribution in [0.3, 0.4) is 0 Å². The summed E-state index contributed by atoms with van der Waals surface area (Å²) in [5.41, 5.74) is 7.95. The second kappa shape index (κ2) is 11.1. The van der Waals surface area contributed by atoms with Crippen molar-refractivity contribution in [3.05, 3.63) is 51.5 Å². The summed E-state index contributed by atoms with van der Waals surface area (Å²) in [6, 6.07) is 8.54. The van der Waals surface area contributed by atoms with Crippen molar-refractivity contribution in [2.75, 3.05) is 20.1 Å². The zero-order valence-corrected chi connectivity index (χ0v) is 18.7. The Bertz CT molecular complexity index is 865. The van der Waals surface area contributed by atoms with E-state index in [-0.39, 0.29) is 11.8 Å². The number of nitrogens with zero attached hydrogens (tertiary/aromatic N) is 3. The maximum Gasteiger partial charge on any atom is 0.221 e. The highest BCUT2D eigenvalue weighted by molar-refractivity contribution is 7.11. The Morgan fingerprint density at radius 2 is 2.13 bits per heavy atom. The Morgan fingerprint density at radius 3 is 2.87 bits per heavy atom. The molecule has 1 fully saturated rings. The summed E-state index contributed by atoms with van der Waals surface area (Å²) in [6.45, 7) is 6.11. The molecule has 0 spiro atoms. The maximum atomic E-state index is 11.5. The third-order valence-corrected chi connectivity index (χ3v) is 6.49. The third kappa shape index (κ3) is 6.53. The SMILES string of the molecule is CCc1cnc(CNC(=NC)NCc2cccc(CN3CCCC(C(N)=O)C3)c2)s1. The fourth-order valence-electron chi connectivity index (χ4n) is 3.69. The Kier molecular flexibility index (Phi) is 8.21. The van der Waals surface area contributed by atoms with Gasteiger partial charge < -0.3 is 16.4 Å². The minimum absolute atomic E-state index is 0.0239. The van der Waals surface area contributed by atoms with Crippen LogP contribution < -0.4 is 16.4 Å². The van der Waals surface area contributed by atoms with Crippen molar-refractivity contribution in [1.29, 1.82) is 0 Å². The molecule has 1 atom stereocenters. The highest BCUT2D eigenvalue weighted by Gasteiger charge is 2.23. The van der Waals surface area contributed by atoms with E-state index in [0.29, 0.717) is 13.1 Å². The number of rotatable bonds is 8. The van der Waals surface area contributed by atoms with E-state index in [4.69, 9.17) is 5.73 Å². The first kappa shape index (κ1) is 22.2. The van der Waals surface area contributed by atoms with E-state index in [9.17, 15) is 4.79 Å². The zero-order chi connectivity index (χ0) is 21.3. The molecule has 8 heteroatoms. The van der Waals surface area contributed by atoms with Gasteiger partial charge in [0.25, 0.3) is 0 Å². The van der Waals surface area contributed by atoms with Crippen molar-refractivity contribution in [1.82, 2.24) is 20.5 Å². The number of nitrogens with one attached hydrogen (secondary N) is 2. The van der Waals surface area contributed by atoms with Gasteiger partial charge in [0.1, 0.15) is 5.01 Å². The maximum absolute atomic E-state index is 11.5. The van der Waals surface area contributed by atoms with E-state index >= 15 is 0 Å². The van der Waals surface area contributed by atoms with Gasteiger partial charge in [-0.25, -0.2) is 4.98 Å². The average molecular weight is 429 g/mol. The normalized spacial score (nSPS) is 17.7. The van der Waals surface area contributed by atoms with Crippen molar-refractivity contribution >= 4 is 23.2 Å². The third-order valence-electron chi connectivity index (χ3n) is 5.35. The first-order valence-corrected chi connectivity index (χ1v) is 11.4. The quantitative estimate of drug-likeness (QED) is 0.443. The number of carbonyl (C=O) groups excluding carboxylic acids is 1. The topological polar surface area (TPSA) is 95.6 Å². The van der Waals surface area contributed by atoms with Crippen LogP contribution in [0.1, 0.15) is 40.8 Å². The Morgan fingerprint density at radius 1 is 1.33 bits per heavy atom. The van der Waals surface area contributed by atoms with Gasteiger partial charge in [0.15, 0.2) is 5.96 Å². The highest BCUT2D eigenvalue weighted by Crippen LogP contribution is 2.19. The Balaban J connectivity index is 1.49. The molecule has 1 unspecified atom stereocenters. The highest BCUT2D eigenvalue weighted by atomic mass is 32.1. The molecule has 0 saturated carbocycles. The number of benzene rings is 1. The number of aromatic nitrogens is 1. The molecule has 0 radical (unpaired) electrons. The Labute approximate surface area is 182 Å². The summed E-state index contributed by atoms with van der Waals surface area (Å²) in [5, 5.41) is 7.76. The molecule has 0 bridgehead atoms.